The molecule has 0 aromatic rings. The van der Waals surface area contributed by atoms with Gasteiger partial charge in [-0.15, -0.1) is 0 Å². The molecule has 0 aliphatic heterocycles. The van der Waals surface area contributed by atoms with Gasteiger partial charge in [-0.1, -0.05) is 0 Å². The summed E-state index contributed by atoms with van der Waals surface area (Å²) < 4.78 is 0. The molecule has 0 fully saturated rings. The fourth-order valence-corrected chi connectivity index (χ4v) is 0. The standard InChI is InChI=1S/2C2H3N.3CH4O/c2*1-2-3;3*1-2/h2*1H3;3*2H,1H3. The van der Waals surface area contributed by atoms with Crippen molar-refractivity contribution in [3.05, 3.63) is 0 Å². The molecule has 0 spiro atoms. The van der Waals surface area contributed by atoms with Crippen LogP contribution >= 0.6 is 0 Å². The summed E-state index contributed by atoms with van der Waals surface area (Å²) >= 11 is 0. The Morgan fingerprint density at radius 1 is 0.667 bits per heavy atom. The van der Waals surface area contributed by atoms with E-state index in [1.165, 1.54) is 13.8 Å². The summed E-state index contributed by atoms with van der Waals surface area (Å²) in [5.41, 5.74) is 0. The molecule has 12 heavy (non-hydrogen) atoms. The van der Waals surface area contributed by atoms with Gasteiger partial charge in [0.25, 0.3) is 0 Å². The minimum absolute atomic E-state index is 1.00. The molecule has 0 saturated carbocycles. The van der Waals surface area contributed by atoms with Crippen LogP contribution in [0, 0.1) is 22.7 Å². The van der Waals surface area contributed by atoms with Crippen molar-refractivity contribution < 1.29 is 15.3 Å². The molecule has 0 aromatic heterocycles. The van der Waals surface area contributed by atoms with E-state index < -0.39 is 0 Å². The van der Waals surface area contributed by atoms with Crippen LogP contribution < -0.4 is 0 Å². The van der Waals surface area contributed by atoms with E-state index in [0.29, 0.717) is 0 Å². The van der Waals surface area contributed by atoms with Crippen LogP contribution in [0.4, 0.5) is 0 Å². The zero-order chi connectivity index (χ0) is 11.4. The Labute approximate surface area is 74.1 Å². The molecule has 0 rings (SSSR count). The van der Waals surface area contributed by atoms with Crippen LogP contribution in [-0.4, -0.2) is 36.6 Å². The van der Waals surface area contributed by atoms with Crippen LogP contribution in [0.25, 0.3) is 0 Å². The average molecular weight is 178 g/mol. The molecule has 3 N–H and O–H groups in total. The van der Waals surface area contributed by atoms with Gasteiger partial charge < -0.3 is 15.3 Å². The summed E-state index contributed by atoms with van der Waals surface area (Å²) in [4.78, 5) is 0. The van der Waals surface area contributed by atoms with Crippen LogP contribution in [0.2, 0.25) is 0 Å². The van der Waals surface area contributed by atoms with Crippen molar-refractivity contribution in [1.29, 1.82) is 10.5 Å². The molecule has 5 nitrogen and oxygen atoms in total. The zero-order valence-electron chi connectivity index (χ0n) is 8.24. The summed E-state index contributed by atoms with van der Waals surface area (Å²) in [6, 6.07) is 3.50. The van der Waals surface area contributed by atoms with Crippen molar-refractivity contribution >= 4 is 0 Å². The molecule has 0 atom stereocenters. The number of hydrogen-bond acceptors (Lipinski definition) is 5. The molecule has 0 aliphatic rings. The van der Waals surface area contributed by atoms with Gasteiger partial charge in [0.2, 0.25) is 0 Å². The number of nitriles is 2. The van der Waals surface area contributed by atoms with E-state index >= 15 is 0 Å². The van der Waals surface area contributed by atoms with Crippen molar-refractivity contribution in [3.63, 3.8) is 0 Å². The molecule has 0 heterocycles. The molecule has 0 saturated heterocycles. The summed E-state index contributed by atoms with van der Waals surface area (Å²) in [5, 5.41) is 35.6. The van der Waals surface area contributed by atoms with Crippen molar-refractivity contribution in [3.8, 4) is 12.1 Å². The van der Waals surface area contributed by atoms with E-state index in [2.05, 4.69) is 0 Å². The molecular formula is C7H18N2O3. The van der Waals surface area contributed by atoms with Gasteiger partial charge in [-0.2, -0.15) is 10.5 Å². The third kappa shape index (κ3) is 421. The Morgan fingerprint density at radius 2 is 0.667 bits per heavy atom. The third-order valence-corrected chi connectivity index (χ3v) is 0. The molecule has 0 radical (unpaired) electrons. The maximum Gasteiger partial charge on any atom is 0.0587 e. The smallest absolute Gasteiger partial charge is 0.0587 e. The minimum atomic E-state index is 1.00. The predicted octanol–water partition coefficient (Wildman–Crippen LogP) is -0.115. The van der Waals surface area contributed by atoms with Crippen LogP contribution in [0.5, 0.6) is 0 Å². The van der Waals surface area contributed by atoms with E-state index in [1.54, 1.807) is 12.1 Å². The van der Waals surface area contributed by atoms with Crippen molar-refractivity contribution in [2.24, 2.45) is 0 Å². The number of hydrogen-bond donors (Lipinski definition) is 3. The van der Waals surface area contributed by atoms with Gasteiger partial charge in [0.1, 0.15) is 0 Å². The quantitative estimate of drug-likeness (QED) is 0.479. The molecular weight excluding hydrogens is 160 g/mol. The molecule has 0 aromatic carbocycles. The normalized spacial score (nSPS) is 2.83. The second kappa shape index (κ2) is 1050. The lowest BCUT2D eigenvalue weighted by molar-refractivity contribution is 0.399. The molecule has 0 bridgehead atoms. The predicted molar refractivity (Wildman–Crippen MR) is 47.0 cm³/mol. The van der Waals surface area contributed by atoms with Gasteiger partial charge in [0.05, 0.1) is 12.1 Å². The lowest BCUT2D eigenvalue weighted by Crippen LogP contribution is -1.25. The highest BCUT2D eigenvalue weighted by Crippen LogP contribution is 1.22. The number of rotatable bonds is 0. The maximum atomic E-state index is 7.32. The monoisotopic (exact) mass is 178 g/mol. The van der Waals surface area contributed by atoms with Crippen molar-refractivity contribution in [2.45, 2.75) is 13.8 Å². The fourth-order valence-electron chi connectivity index (χ4n) is 0. The van der Waals surface area contributed by atoms with E-state index in [9.17, 15) is 0 Å². The summed E-state index contributed by atoms with van der Waals surface area (Å²) in [5.74, 6) is 0. The molecule has 0 amide bonds. The summed E-state index contributed by atoms with van der Waals surface area (Å²) in [7, 11) is 3.00. The first kappa shape index (κ1) is 30.7. The highest BCUT2D eigenvalue weighted by atomic mass is 16.2. The average Bonchev–Trinajstić information content (AvgIpc) is 2.16. The Balaban J connectivity index is -0.0000000174. The van der Waals surface area contributed by atoms with Crippen LogP contribution in [0.3, 0.4) is 0 Å². The Bertz CT molecular complexity index is 71.6. The summed E-state index contributed by atoms with van der Waals surface area (Å²) in [6.45, 7) is 2.86. The first-order valence-electron chi connectivity index (χ1n) is 2.79. The number of aliphatic hydroxyl groups excluding tert-OH is 3. The topological polar surface area (TPSA) is 108 Å². The van der Waals surface area contributed by atoms with E-state index in [1.807, 2.05) is 0 Å². The number of aliphatic hydroxyl groups is 3. The van der Waals surface area contributed by atoms with Gasteiger partial charge in [0.15, 0.2) is 0 Å². The van der Waals surface area contributed by atoms with Gasteiger partial charge in [-0.25, -0.2) is 0 Å². The molecule has 74 valence electrons. The molecule has 0 aliphatic carbocycles. The first-order chi connectivity index (χ1) is 5.83. The lowest BCUT2D eigenvalue weighted by atomic mass is 11.0. The molecule has 0 unspecified atom stereocenters. The SMILES string of the molecule is CC#N.CC#N.CO.CO.CO. The van der Waals surface area contributed by atoms with E-state index in [4.69, 9.17) is 25.8 Å². The van der Waals surface area contributed by atoms with Crippen LogP contribution in [0.1, 0.15) is 13.8 Å². The fraction of sp³-hybridized carbons (Fsp3) is 0.714. The van der Waals surface area contributed by atoms with E-state index in [-0.39, 0.29) is 0 Å². The van der Waals surface area contributed by atoms with Gasteiger partial charge in [-0.05, 0) is 0 Å². The summed E-state index contributed by atoms with van der Waals surface area (Å²) in [6.07, 6.45) is 0. The highest BCUT2D eigenvalue weighted by molar-refractivity contribution is 4.51. The Morgan fingerprint density at radius 3 is 0.667 bits per heavy atom. The van der Waals surface area contributed by atoms with E-state index in [0.717, 1.165) is 21.3 Å². The Kier molecular flexibility index (Phi) is 2680. The zero-order valence-corrected chi connectivity index (χ0v) is 8.24. The first-order valence-corrected chi connectivity index (χ1v) is 2.79. The van der Waals surface area contributed by atoms with Crippen LogP contribution in [-0.2, 0) is 0 Å². The van der Waals surface area contributed by atoms with Crippen molar-refractivity contribution in [2.75, 3.05) is 21.3 Å². The van der Waals surface area contributed by atoms with Gasteiger partial charge in [0, 0.05) is 35.2 Å². The highest BCUT2D eigenvalue weighted by Gasteiger charge is 1.18. The largest absolute Gasteiger partial charge is 0.400 e. The second-order valence-corrected chi connectivity index (χ2v) is 0.447. The maximum absolute atomic E-state index is 7.32. The number of nitrogens with zero attached hydrogens (tertiary/aromatic N) is 2. The van der Waals surface area contributed by atoms with Gasteiger partial charge in [-0.3, -0.25) is 0 Å². The third-order valence-electron chi connectivity index (χ3n) is 0. The van der Waals surface area contributed by atoms with Gasteiger partial charge >= 0.3 is 0 Å². The Hall–Kier alpha value is -1.14. The minimum Gasteiger partial charge on any atom is -0.400 e. The van der Waals surface area contributed by atoms with Crippen molar-refractivity contribution in [1.82, 2.24) is 0 Å². The van der Waals surface area contributed by atoms with Crippen LogP contribution in [0.15, 0.2) is 0 Å². The second-order valence-electron chi connectivity index (χ2n) is 0.447. The molecule has 5 heteroatoms. The lowest BCUT2D eigenvalue weighted by Gasteiger charge is -1.21.